The van der Waals surface area contributed by atoms with E-state index in [4.69, 9.17) is 10.5 Å². The molecule has 3 heteroatoms. The van der Waals surface area contributed by atoms with E-state index in [1.165, 1.54) is 0 Å². The molecule has 0 radical (unpaired) electrons. The van der Waals surface area contributed by atoms with Crippen LogP contribution in [0, 0.1) is 17.8 Å². The minimum Gasteiger partial charge on any atom is -0.460 e. The molecule has 3 nitrogen and oxygen atoms in total. The molecule has 5 atom stereocenters. The number of hydrogen-bond donors (Lipinski definition) is 1. The van der Waals surface area contributed by atoms with Crippen LogP contribution >= 0.6 is 0 Å². The van der Waals surface area contributed by atoms with Crippen LogP contribution in [0.1, 0.15) is 12.8 Å². The lowest BCUT2D eigenvalue weighted by molar-refractivity contribution is -0.143. The smallest absolute Gasteiger partial charge is 0.309 e. The lowest BCUT2D eigenvalue weighted by Gasteiger charge is -2.20. The first-order valence-electron chi connectivity index (χ1n) is 4.23. The first-order chi connectivity index (χ1) is 5.27. The number of hydrogen-bond acceptors (Lipinski definition) is 3. The molecular formula is C8H11NO2. The number of fused-ring (bicyclic) bond motifs is 1. The summed E-state index contributed by atoms with van der Waals surface area (Å²) >= 11 is 0. The van der Waals surface area contributed by atoms with Gasteiger partial charge in [-0.2, -0.15) is 0 Å². The highest BCUT2D eigenvalue weighted by atomic mass is 16.6. The van der Waals surface area contributed by atoms with Gasteiger partial charge in [-0.3, -0.25) is 4.79 Å². The second kappa shape index (κ2) is 1.61. The SMILES string of the molecule is NC1C2CC3C(=O)OC1C3C2. The number of carbonyl (C=O) groups excluding carboxylic acids is 1. The van der Waals surface area contributed by atoms with E-state index in [0.29, 0.717) is 11.8 Å². The molecule has 3 aliphatic rings. The van der Waals surface area contributed by atoms with Crippen LogP contribution in [0.4, 0.5) is 0 Å². The molecule has 2 aliphatic carbocycles. The Morgan fingerprint density at radius 3 is 2.91 bits per heavy atom. The van der Waals surface area contributed by atoms with Crippen LogP contribution in [-0.2, 0) is 9.53 Å². The second-order valence-electron chi connectivity index (χ2n) is 3.98. The third-order valence-corrected chi connectivity index (χ3v) is 3.55. The highest BCUT2D eigenvalue weighted by Gasteiger charge is 2.60. The van der Waals surface area contributed by atoms with Gasteiger partial charge in [0, 0.05) is 12.0 Å². The maximum atomic E-state index is 11.2. The van der Waals surface area contributed by atoms with E-state index in [0.717, 1.165) is 12.8 Å². The number of nitrogens with two attached hydrogens (primary N) is 1. The number of carbonyl (C=O) groups is 1. The van der Waals surface area contributed by atoms with Crippen molar-refractivity contribution in [3.8, 4) is 0 Å². The summed E-state index contributed by atoms with van der Waals surface area (Å²) < 4.78 is 5.19. The van der Waals surface area contributed by atoms with Crippen molar-refractivity contribution in [1.82, 2.24) is 0 Å². The Balaban J connectivity index is 2.04. The van der Waals surface area contributed by atoms with E-state index in [-0.39, 0.29) is 24.0 Å². The zero-order valence-corrected chi connectivity index (χ0v) is 6.19. The fraction of sp³-hybridized carbons (Fsp3) is 0.875. The van der Waals surface area contributed by atoms with Crippen LogP contribution in [-0.4, -0.2) is 18.1 Å². The maximum absolute atomic E-state index is 11.2. The van der Waals surface area contributed by atoms with Gasteiger partial charge in [0.1, 0.15) is 6.10 Å². The topological polar surface area (TPSA) is 52.3 Å². The van der Waals surface area contributed by atoms with Crippen molar-refractivity contribution >= 4 is 5.97 Å². The molecule has 60 valence electrons. The molecule has 0 spiro atoms. The van der Waals surface area contributed by atoms with E-state index < -0.39 is 0 Å². The molecule has 1 saturated heterocycles. The van der Waals surface area contributed by atoms with Gasteiger partial charge in [0.2, 0.25) is 0 Å². The zero-order chi connectivity index (χ0) is 7.59. The molecule has 2 saturated carbocycles. The van der Waals surface area contributed by atoms with Gasteiger partial charge >= 0.3 is 5.97 Å². The summed E-state index contributed by atoms with van der Waals surface area (Å²) in [5, 5.41) is 0. The van der Waals surface area contributed by atoms with E-state index in [1.54, 1.807) is 0 Å². The third-order valence-electron chi connectivity index (χ3n) is 3.55. The van der Waals surface area contributed by atoms with Gasteiger partial charge in [-0.05, 0) is 18.8 Å². The van der Waals surface area contributed by atoms with Crippen molar-refractivity contribution in [2.75, 3.05) is 0 Å². The Morgan fingerprint density at radius 2 is 2.27 bits per heavy atom. The Bertz CT molecular complexity index is 228. The first-order valence-corrected chi connectivity index (χ1v) is 4.23. The van der Waals surface area contributed by atoms with Crippen molar-refractivity contribution < 1.29 is 9.53 Å². The van der Waals surface area contributed by atoms with Gasteiger partial charge in [0.25, 0.3) is 0 Å². The molecule has 0 aromatic carbocycles. The predicted molar refractivity (Wildman–Crippen MR) is 37.6 cm³/mol. The predicted octanol–water partition coefficient (Wildman–Crippen LogP) is -0.105. The summed E-state index contributed by atoms with van der Waals surface area (Å²) in [4.78, 5) is 11.2. The molecule has 0 aromatic heterocycles. The second-order valence-corrected chi connectivity index (χ2v) is 3.98. The zero-order valence-electron chi connectivity index (χ0n) is 6.19. The number of rotatable bonds is 0. The summed E-state index contributed by atoms with van der Waals surface area (Å²) in [5.41, 5.74) is 5.89. The van der Waals surface area contributed by atoms with Gasteiger partial charge in [0.05, 0.1) is 5.92 Å². The molecule has 0 amide bonds. The molecule has 0 aromatic rings. The summed E-state index contributed by atoms with van der Waals surface area (Å²) in [7, 11) is 0. The summed E-state index contributed by atoms with van der Waals surface area (Å²) in [6.45, 7) is 0. The Morgan fingerprint density at radius 1 is 1.45 bits per heavy atom. The van der Waals surface area contributed by atoms with Gasteiger partial charge in [-0.15, -0.1) is 0 Å². The van der Waals surface area contributed by atoms with Crippen molar-refractivity contribution in [3.05, 3.63) is 0 Å². The quantitative estimate of drug-likeness (QED) is 0.494. The van der Waals surface area contributed by atoms with Crippen LogP contribution in [0.25, 0.3) is 0 Å². The molecular weight excluding hydrogens is 142 g/mol. The van der Waals surface area contributed by atoms with Crippen LogP contribution in [0.5, 0.6) is 0 Å². The van der Waals surface area contributed by atoms with Gasteiger partial charge in [-0.1, -0.05) is 0 Å². The van der Waals surface area contributed by atoms with Crippen LogP contribution in [0.3, 0.4) is 0 Å². The van der Waals surface area contributed by atoms with Crippen LogP contribution < -0.4 is 5.73 Å². The molecule has 2 bridgehead atoms. The third kappa shape index (κ3) is 0.527. The largest absolute Gasteiger partial charge is 0.460 e. The summed E-state index contributed by atoms with van der Waals surface area (Å²) in [6.07, 6.45) is 2.19. The van der Waals surface area contributed by atoms with Crippen LogP contribution in [0.15, 0.2) is 0 Å². The van der Waals surface area contributed by atoms with Gasteiger partial charge in [-0.25, -0.2) is 0 Å². The molecule has 1 heterocycles. The average Bonchev–Trinajstić information content (AvgIpc) is 2.53. The molecule has 2 N–H and O–H groups in total. The fourth-order valence-electron chi connectivity index (χ4n) is 3.00. The molecule has 11 heavy (non-hydrogen) atoms. The molecule has 1 aliphatic heterocycles. The average molecular weight is 153 g/mol. The lowest BCUT2D eigenvalue weighted by Crippen LogP contribution is -2.39. The minimum atomic E-state index is 0.00968. The molecule has 5 unspecified atom stereocenters. The summed E-state index contributed by atoms with van der Waals surface area (Å²) in [5.74, 6) is 1.27. The van der Waals surface area contributed by atoms with Crippen molar-refractivity contribution in [3.63, 3.8) is 0 Å². The van der Waals surface area contributed by atoms with Gasteiger partial charge in [0.15, 0.2) is 0 Å². The van der Waals surface area contributed by atoms with E-state index >= 15 is 0 Å². The fourth-order valence-corrected chi connectivity index (χ4v) is 3.00. The Labute approximate surface area is 64.9 Å². The lowest BCUT2D eigenvalue weighted by atomic mass is 9.87. The first kappa shape index (κ1) is 6.00. The van der Waals surface area contributed by atoms with Crippen molar-refractivity contribution in [1.29, 1.82) is 0 Å². The van der Waals surface area contributed by atoms with E-state index in [2.05, 4.69) is 0 Å². The molecule has 3 fully saturated rings. The Kier molecular flexibility index (Phi) is 0.876. The number of ether oxygens (including phenoxy) is 1. The van der Waals surface area contributed by atoms with Gasteiger partial charge < -0.3 is 10.5 Å². The highest BCUT2D eigenvalue weighted by molar-refractivity contribution is 5.76. The highest BCUT2D eigenvalue weighted by Crippen LogP contribution is 2.53. The normalized spacial score (nSPS) is 58.6. The molecule has 3 rings (SSSR count). The minimum absolute atomic E-state index is 0.00968. The van der Waals surface area contributed by atoms with Crippen molar-refractivity contribution in [2.45, 2.75) is 25.0 Å². The standard InChI is InChI=1S/C8H11NO2/c9-6-3-1-4-5(2-3)8(10)11-7(4)6/h3-7H,1-2,9H2. The Hall–Kier alpha value is -0.570. The monoisotopic (exact) mass is 153 g/mol. The number of esters is 1. The van der Waals surface area contributed by atoms with Crippen LogP contribution in [0.2, 0.25) is 0 Å². The summed E-state index contributed by atoms with van der Waals surface area (Å²) in [6, 6.07) is 0.141. The van der Waals surface area contributed by atoms with E-state index in [9.17, 15) is 4.79 Å². The van der Waals surface area contributed by atoms with Crippen molar-refractivity contribution in [2.24, 2.45) is 23.5 Å². The maximum Gasteiger partial charge on any atom is 0.309 e. The van der Waals surface area contributed by atoms with E-state index in [1.807, 2.05) is 0 Å².